The molecule has 3 rings (SSSR count). The Kier molecular flexibility index (Phi) is 3.89. The van der Waals surface area contributed by atoms with Crippen LogP contribution in [0.15, 0.2) is 48.7 Å². The smallest absolute Gasteiger partial charge is 0.0459 e. The Morgan fingerprint density at radius 1 is 0.727 bits per heavy atom. The molecule has 0 fully saturated rings. The van der Waals surface area contributed by atoms with Crippen molar-refractivity contribution in [2.45, 2.75) is 34.1 Å². The van der Waals surface area contributed by atoms with Gasteiger partial charge in [0.1, 0.15) is 0 Å². The van der Waals surface area contributed by atoms with Gasteiger partial charge in [-0.2, -0.15) is 0 Å². The molecular formula is C21H23N. The van der Waals surface area contributed by atoms with Gasteiger partial charge >= 0.3 is 0 Å². The first-order valence-corrected chi connectivity index (χ1v) is 7.86. The van der Waals surface area contributed by atoms with Crippen LogP contribution in [0, 0.1) is 27.7 Å². The third-order valence-electron chi connectivity index (χ3n) is 4.91. The van der Waals surface area contributed by atoms with E-state index in [0.717, 1.165) is 6.42 Å². The van der Waals surface area contributed by atoms with E-state index in [1.165, 1.54) is 44.6 Å². The number of rotatable bonds is 3. The maximum Gasteiger partial charge on any atom is 0.0459 e. The van der Waals surface area contributed by atoms with E-state index in [9.17, 15) is 0 Å². The molecule has 0 atom stereocenters. The summed E-state index contributed by atoms with van der Waals surface area (Å²) < 4.78 is 0. The second-order valence-electron chi connectivity index (χ2n) is 6.10. The second-order valence-corrected chi connectivity index (χ2v) is 6.10. The van der Waals surface area contributed by atoms with E-state index in [-0.39, 0.29) is 0 Å². The highest BCUT2D eigenvalue weighted by atomic mass is 14.7. The largest absolute Gasteiger partial charge is 0.361 e. The molecule has 0 saturated carbocycles. The van der Waals surface area contributed by atoms with Crippen molar-refractivity contribution in [1.82, 2.24) is 4.98 Å². The molecule has 0 radical (unpaired) electrons. The quantitative estimate of drug-likeness (QED) is 0.654. The van der Waals surface area contributed by atoms with E-state index in [1.807, 2.05) is 6.20 Å². The van der Waals surface area contributed by atoms with E-state index in [0.29, 0.717) is 0 Å². The van der Waals surface area contributed by atoms with Crippen molar-refractivity contribution in [3.63, 3.8) is 0 Å². The van der Waals surface area contributed by atoms with Crippen molar-refractivity contribution in [2.24, 2.45) is 0 Å². The van der Waals surface area contributed by atoms with Gasteiger partial charge in [-0.25, -0.2) is 0 Å². The fraction of sp³-hybridized carbons (Fsp3) is 0.238. The SMILES string of the molecule is Cc1c(C)c(C)c(-c2ccc[nH]2)c(Cc2ccccc2)c1C. The zero-order valence-electron chi connectivity index (χ0n) is 13.8. The second kappa shape index (κ2) is 5.84. The highest BCUT2D eigenvalue weighted by Crippen LogP contribution is 2.35. The van der Waals surface area contributed by atoms with Gasteiger partial charge in [0.25, 0.3) is 0 Å². The van der Waals surface area contributed by atoms with Crippen LogP contribution >= 0.6 is 0 Å². The van der Waals surface area contributed by atoms with Crippen LogP contribution < -0.4 is 0 Å². The number of hydrogen-bond acceptors (Lipinski definition) is 0. The third kappa shape index (κ3) is 2.48. The minimum absolute atomic E-state index is 0.975. The number of aromatic amines is 1. The summed E-state index contributed by atoms with van der Waals surface area (Å²) in [6, 6.07) is 15.0. The first-order valence-electron chi connectivity index (χ1n) is 7.86. The molecule has 1 heterocycles. The van der Waals surface area contributed by atoms with Crippen molar-refractivity contribution < 1.29 is 0 Å². The zero-order chi connectivity index (χ0) is 15.7. The van der Waals surface area contributed by atoms with Crippen LogP contribution in [0.2, 0.25) is 0 Å². The maximum atomic E-state index is 3.39. The summed E-state index contributed by atoms with van der Waals surface area (Å²) in [5.41, 5.74) is 11.0. The lowest BCUT2D eigenvalue weighted by atomic mass is 9.85. The molecule has 0 spiro atoms. The van der Waals surface area contributed by atoms with Crippen molar-refractivity contribution in [1.29, 1.82) is 0 Å². The van der Waals surface area contributed by atoms with Crippen LogP contribution in [-0.2, 0) is 6.42 Å². The van der Waals surface area contributed by atoms with Gasteiger partial charge < -0.3 is 4.98 Å². The Labute approximate surface area is 133 Å². The molecule has 3 aromatic rings. The topological polar surface area (TPSA) is 15.8 Å². The van der Waals surface area contributed by atoms with Crippen molar-refractivity contribution in [3.05, 3.63) is 82.0 Å². The monoisotopic (exact) mass is 289 g/mol. The molecule has 1 N–H and O–H groups in total. The maximum absolute atomic E-state index is 3.39. The highest BCUT2D eigenvalue weighted by Gasteiger charge is 2.17. The normalized spacial score (nSPS) is 10.9. The summed E-state index contributed by atoms with van der Waals surface area (Å²) in [5, 5.41) is 0. The average Bonchev–Trinajstić information content (AvgIpc) is 3.06. The first kappa shape index (κ1) is 14.6. The lowest BCUT2D eigenvalue weighted by molar-refractivity contribution is 1.10. The van der Waals surface area contributed by atoms with Crippen LogP contribution in [0.4, 0.5) is 0 Å². The third-order valence-corrected chi connectivity index (χ3v) is 4.91. The summed E-state index contributed by atoms with van der Waals surface area (Å²) in [7, 11) is 0. The van der Waals surface area contributed by atoms with E-state index in [2.05, 4.69) is 75.1 Å². The Morgan fingerprint density at radius 3 is 2.05 bits per heavy atom. The molecule has 112 valence electrons. The van der Waals surface area contributed by atoms with Gasteiger partial charge in [-0.3, -0.25) is 0 Å². The zero-order valence-corrected chi connectivity index (χ0v) is 13.8. The summed E-state index contributed by atoms with van der Waals surface area (Å²) in [6.45, 7) is 8.97. The Bertz CT molecular complexity index is 781. The van der Waals surface area contributed by atoms with Crippen LogP contribution in [-0.4, -0.2) is 4.98 Å². The molecule has 1 nitrogen and oxygen atoms in total. The molecule has 0 aliphatic rings. The predicted molar refractivity (Wildman–Crippen MR) is 94.4 cm³/mol. The molecule has 2 aromatic carbocycles. The van der Waals surface area contributed by atoms with Gasteiger partial charge in [-0.05, 0) is 79.6 Å². The van der Waals surface area contributed by atoms with Gasteiger partial charge in [0.05, 0.1) is 0 Å². The Hall–Kier alpha value is -2.28. The predicted octanol–water partition coefficient (Wildman–Crippen LogP) is 5.51. The van der Waals surface area contributed by atoms with E-state index in [1.54, 1.807) is 0 Å². The number of H-pyrrole nitrogens is 1. The number of nitrogens with one attached hydrogen (secondary N) is 1. The lowest BCUT2D eigenvalue weighted by Crippen LogP contribution is -2.04. The summed E-state index contributed by atoms with van der Waals surface area (Å²) >= 11 is 0. The fourth-order valence-corrected chi connectivity index (χ4v) is 3.26. The molecule has 0 aliphatic carbocycles. The number of aromatic nitrogens is 1. The lowest BCUT2D eigenvalue weighted by Gasteiger charge is -2.20. The van der Waals surface area contributed by atoms with Crippen LogP contribution in [0.5, 0.6) is 0 Å². The molecule has 1 heteroatoms. The van der Waals surface area contributed by atoms with E-state index in [4.69, 9.17) is 0 Å². The number of hydrogen-bond donors (Lipinski definition) is 1. The fourth-order valence-electron chi connectivity index (χ4n) is 3.26. The van der Waals surface area contributed by atoms with Crippen LogP contribution in [0.3, 0.4) is 0 Å². The van der Waals surface area contributed by atoms with Crippen molar-refractivity contribution >= 4 is 0 Å². The Balaban J connectivity index is 2.23. The minimum Gasteiger partial charge on any atom is -0.361 e. The van der Waals surface area contributed by atoms with Crippen LogP contribution in [0.25, 0.3) is 11.3 Å². The molecule has 0 unspecified atom stereocenters. The van der Waals surface area contributed by atoms with E-state index >= 15 is 0 Å². The standard InChI is InChI=1S/C21H23N/c1-14-15(2)17(4)21(20-11-8-12-22-20)19(16(14)3)13-18-9-6-5-7-10-18/h5-12,22H,13H2,1-4H3. The molecule has 1 aromatic heterocycles. The molecule has 0 aliphatic heterocycles. The van der Waals surface area contributed by atoms with Gasteiger partial charge in [0.15, 0.2) is 0 Å². The average molecular weight is 289 g/mol. The molecule has 0 saturated heterocycles. The minimum atomic E-state index is 0.975. The van der Waals surface area contributed by atoms with Crippen LogP contribution in [0.1, 0.15) is 33.4 Å². The molecular weight excluding hydrogens is 266 g/mol. The Morgan fingerprint density at radius 2 is 1.41 bits per heavy atom. The molecule has 0 amide bonds. The molecule has 22 heavy (non-hydrogen) atoms. The summed E-state index contributed by atoms with van der Waals surface area (Å²) in [4.78, 5) is 3.39. The van der Waals surface area contributed by atoms with Gasteiger partial charge in [0.2, 0.25) is 0 Å². The summed E-state index contributed by atoms with van der Waals surface area (Å²) in [6.07, 6.45) is 2.98. The summed E-state index contributed by atoms with van der Waals surface area (Å²) in [5.74, 6) is 0. The van der Waals surface area contributed by atoms with Crippen molar-refractivity contribution in [3.8, 4) is 11.3 Å². The number of benzene rings is 2. The first-order chi connectivity index (χ1) is 10.6. The molecule has 0 bridgehead atoms. The van der Waals surface area contributed by atoms with Gasteiger partial charge in [-0.15, -0.1) is 0 Å². The highest BCUT2D eigenvalue weighted by molar-refractivity contribution is 5.73. The van der Waals surface area contributed by atoms with E-state index < -0.39 is 0 Å². The van der Waals surface area contributed by atoms with Crippen molar-refractivity contribution in [2.75, 3.05) is 0 Å². The van der Waals surface area contributed by atoms with Gasteiger partial charge in [0, 0.05) is 17.5 Å². The van der Waals surface area contributed by atoms with Gasteiger partial charge in [-0.1, -0.05) is 30.3 Å².